The van der Waals surface area contributed by atoms with E-state index in [1.807, 2.05) is 6.92 Å². The quantitative estimate of drug-likeness (QED) is 0.685. The van der Waals surface area contributed by atoms with E-state index in [1.165, 1.54) is 0 Å². The first-order valence-corrected chi connectivity index (χ1v) is 7.96. The van der Waals surface area contributed by atoms with Crippen LogP contribution in [0.3, 0.4) is 0 Å². The lowest BCUT2D eigenvalue weighted by Gasteiger charge is -2.34. The van der Waals surface area contributed by atoms with Gasteiger partial charge in [-0.1, -0.05) is 0 Å². The number of aliphatic hydroxyl groups is 1. The van der Waals surface area contributed by atoms with Gasteiger partial charge in [0.1, 0.15) is 0 Å². The molecule has 1 aliphatic rings. The van der Waals surface area contributed by atoms with E-state index in [-0.39, 0.29) is 17.5 Å². The van der Waals surface area contributed by atoms with E-state index in [4.69, 9.17) is 0 Å². The SMILES string of the molecule is Cc1cc(C)c([N+](=O)[O-])c(C)c1C(=O)N1CCCC(C(C)O)C1. The molecule has 6 nitrogen and oxygen atoms in total. The van der Waals surface area contributed by atoms with E-state index in [0.717, 1.165) is 18.4 Å². The average Bonchev–Trinajstić information content (AvgIpc) is 2.46. The van der Waals surface area contributed by atoms with Crippen LogP contribution in [0.15, 0.2) is 6.07 Å². The maximum absolute atomic E-state index is 12.9. The second-order valence-corrected chi connectivity index (χ2v) is 6.51. The molecule has 1 aliphatic heterocycles. The van der Waals surface area contributed by atoms with Crippen LogP contribution in [0.5, 0.6) is 0 Å². The van der Waals surface area contributed by atoms with E-state index >= 15 is 0 Å². The van der Waals surface area contributed by atoms with E-state index in [2.05, 4.69) is 0 Å². The molecule has 23 heavy (non-hydrogen) atoms. The predicted molar refractivity (Wildman–Crippen MR) is 87.6 cm³/mol. The molecular formula is C17H24N2O4. The third kappa shape index (κ3) is 3.37. The zero-order valence-electron chi connectivity index (χ0n) is 14.1. The Kier molecular flexibility index (Phi) is 5.04. The van der Waals surface area contributed by atoms with Crippen molar-refractivity contribution in [2.75, 3.05) is 13.1 Å². The lowest BCUT2D eigenvalue weighted by atomic mass is 9.91. The fraction of sp³-hybridized carbons (Fsp3) is 0.588. The van der Waals surface area contributed by atoms with Crippen molar-refractivity contribution < 1.29 is 14.8 Å². The van der Waals surface area contributed by atoms with Crippen LogP contribution >= 0.6 is 0 Å². The molecule has 2 unspecified atom stereocenters. The maximum Gasteiger partial charge on any atom is 0.275 e. The number of carbonyl (C=O) groups is 1. The van der Waals surface area contributed by atoms with Gasteiger partial charge >= 0.3 is 0 Å². The number of nitrogens with zero attached hydrogens (tertiary/aromatic N) is 2. The monoisotopic (exact) mass is 320 g/mol. The van der Waals surface area contributed by atoms with Gasteiger partial charge in [0.25, 0.3) is 11.6 Å². The van der Waals surface area contributed by atoms with Gasteiger partial charge in [-0.3, -0.25) is 14.9 Å². The molecule has 0 saturated carbocycles. The van der Waals surface area contributed by atoms with Gasteiger partial charge in [-0.25, -0.2) is 0 Å². The standard InChI is InChI=1S/C17H24N2O4/c1-10-8-11(2)16(19(22)23)12(3)15(10)17(21)18-7-5-6-14(9-18)13(4)20/h8,13-14,20H,5-7,9H2,1-4H3. The highest BCUT2D eigenvalue weighted by atomic mass is 16.6. The highest BCUT2D eigenvalue weighted by Gasteiger charge is 2.31. The van der Waals surface area contributed by atoms with Gasteiger partial charge in [-0.15, -0.1) is 0 Å². The summed E-state index contributed by atoms with van der Waals surface area (Å²) in [6.07, 6.45) is 1.28. The summed E-state index contributed by atoms with van der Waals surface area (Å²) in [5, 5.41) is 21.1. The number of aryl methyl sites for hydroxylation is 2. The van der Waals surface area contributed by atoms with Gasteiger partial charge in [-0.2, -0.15) is 0 Å². The molecule has 0 aromatic heterocycles. The van der Waals surface area contributed by atoms with Crippen molar-refractivity contribution in [2.45, 2.75) is 46.6 Å². The molecule has 2 rings (SSSR count). The number of rotatable bonds is 3. The molecule has 2 atom stereocenters. The number of carbonyl (C=O) groups excluding carboxylic acids is 1. The van der Waals surface area contributed by atoms with Gasteiger partial charge in [0.05, 0.1) is 16.6 Å². The third-order valence-electron chi connectivity index (χ3n) is 4.75. The Morgan fingerprint density at radius 3 is 2.61 bits per heavy atom. The fourth-order valence-electron chi connectivity index (χ4n) is 3.53. The van der Waals surface area contributed by atoms with Crippen molar-refractivity contribution in [1.82, 2.24) is 4.90 Å². The number of nitro groups is 1. The molecule has 1 heterocycles. The minimum atomic E-state index is -0.458. The number of hydrogen-bond acceptors (Lipinski definition) is 4. The van der Waals surface area contributed by atoms with Gasteiger partial charge < -0.3 is 10.0 Å². The van der Waals surface area contributed by atoms with Crippen LogP contribution in [0.4, 0.5) is 5.69 Å². The summed E-state index contributed by atoms with van der Waals surface area (Å²) in [7, 11) is 0. The first kappa shape index (κ1) is 17.4. The molecule has 1 N–H and O–H groups in total. The molecule has 0 spiro atoms. The van der Waals surface area contributed by atoms with Crippen molar-refractivity contribution in [3.8, 4) is 0 Å². The molecule has 0 aliphatic carbocycles. The molecule has 6 heteroatoms. The van der Waals surface area contributed by atoms with Crippen molar-refractivity contribution >= 4 is 11.6 Å². The van der Waals surface area contributed by atoms with Crippen molar-refractivity contribution in [3.63, 3.8) is 0 Å². The Morgan fingerprint density at radius 1 is 1.39 bits per heavy atom. The Balaban J connectivity index is 2.39. The number of hydrogen-bond donors (Lipinski definition) is 1. The molecule has 0 bridgehead atoms. The summed E-state index contributed by atoms with van der Waals surface area (Å²) in [5.41, 5.74) is 2.20. The van der Waals surface area contributed by atoms with Crippen LogP contribution in [0.2, 0.25) is 0 Å². The van der Waals surface area contributed by atoms with Gasteiger partial charge in [0.15, 0.2) is 0 Å². The van der Waals surface area contributed by atoms with Crippen LogP contribution in [-0.2, 0) is 0 Å². The summed E-state index contributed by atoms with van der Waals surface area (Å²) < 4.78 is 0. The zero-order chi connectivity index (χ0) is 17.3. The number of benzene rings is 1. The number of nitro benzene ring substituents is 1. The number of piperidine rings is 1. The van der Waals surface area contributed by atoms with Crippen LogP contribution in [0, 0.1) is 36.8 Å². The van der Waals surface area contributed by atoms with Crippen LogP contribution < -0.4 is 0 Å². The highest BCUT2D eigenvalue weighted by Crippen LogP contribution is 2.31. The van der Waals surface area contributed by atoms with Gasteiger partial charge in [0, 0.05) is 30.1 Å². The topological polar surface area (TPSA) is 83.7 Å². The van der Waals surface area contributed by atoms with E-state index in [0.29, 0.717) is 29.8 Å². The fourth-order valence-corrected chi connectivity index (χ4v) is 3.53. The first-order chi connectivity index (χ1) is 10.7. The Labute approximate surface area is 136 Å². The van der Waals surface area contributed by atoms with E-state index in [1.54, 1.807) is 31.7 Å². The number of likely N-dealkylation sites (tertiary alicyclic amines) is 1. The molecule has 1 amide bonds. The smallest absolute Gasteiger partial charge is 0.275 e. The molecular weight excluding hydrogens is 296 g/mol. The van der Waals surface area contributed by atoms with Gasteiger partial charge in [-0.05, 0) is 52.2 Å². The number of amides is 1. The van der Waals surface area contributed by atoms with Crippen LogP contribution in [0.25, 0.3) is 0 Å². The second-order valence-electron chi connectivity index (χ2n) is 6.51. The molecule has 0 radical (unpaired) electrons. The third-order valence-corrected chi connectivity index (χ3v) is 4.75. The Hall–Kier alpha value is -1.95. The molecule has 1 aromatic carbocycles. The van der Waals surface area contributed by atoms with Crippen molar-refractivity contribution in [1.29, 1.82) is 0 Å². The molecule has 1 saturated heterocycles. The molecule has 126 valence electrons. The maximum atomic E-state index is 12.9. The average molecular weight is 320 g/mol. The summed E-state index contributed by atoms with van der Waals surface area (Å²) in [6, 6.07) is 1.70. The second kappa shape index (κ2) is 6.66. The largest absolute Gasteiger partial charge is 0.393 e. The Morgan fingerprint density at radius 2 is 2.04 bits per heavy atom. The Bertz CT molecular complexity index is 640. The van der Waals surface area contributed by atoms with Crippen molar-refractivity contribution in [3.05, 3.63) is 38.4 Å². The normalized spacial score (nSPS) is 19.5. The summed E-state index contributed by atoms with van der Waals surface area (Å²) in [5.74, 6) is -0.109. The number of aliphatic hydroxyl groups excluding tert-OH is 1. The van der Waals surface area contributed by atoms with E-state index < -0.39 is 11.0 Å². The van der Waals surface area contributed by atoms with Crippen molar-refractivity contribution in [2.24, 2.45) is 5.92 Å². The predicted octanol–water partition coefficient (Wildman–Crippen LogP) is 2.75. The van der Waals surface area contributed by atoms with Crippen LogP contribution in [-0.4, -0.2) is 40.0 Å². The summed E-state index contributed by atoms with van der Waals surface area (Å²) >= 11 is 0. The first-order valence-electron chi connectivity index (χ1n) is 7.96. The lowest BCUT2D eigenvalue weighted by molar-refractivity contribution is -0.386. The van der Waals surface area contributed by atoms with E-state index in [9.17, 15) is 20.0 Å². The minimum Gasteiger partial charge on any atom is -0.393 e. The minimum absolute atomic E-state index is 0.0167. The summed E-state index contributed by atoms with van der Waals surface area (Å²) in [6.45, 7) is 8.01. The zero-order valence-corrected chi connectivity index (χ0v) is 14.1. The highest BCUT2D eigenvalue weighted by molar-refractivity contribution is 5.98. The van der Waals surface area contributed by atoms with Gasteiger partial charge in [0.2, 0.25) is 0 Å². The van der Waals surface area contributed by atoms with Crippen LogP contribution in [0.1, 0.15) is 46.8 Å². The summed E-state index contributed by atoms with van der Waals surface area (Å²) in [4.78, 5) is 25.5. The molecule has 1 aromatic rings. The lowest BCUT2D eigenvalue weighted by Crippen LogP contribution is -2.43. The molecule has 1 fully saturated rings.